The molecule has 18 heavy (non-hydrogen) atoms. The molecule has 1 aliphatic rings. The predicted molar refractivity (Wildman–Crippen MR) is 74.9 cm³/mol. The quantitative estimate of drug-likeness (QED) is 0.885. The maximum Gasteiger partial charge on any atom is 0.255 e. The van der Waals surface area contributed by atoms with E-state index in [9.17, 15) is 4.79 Å². The molecular weight excluding hydrogens is 224 g/mol. The van der Waals surface area contributed by atoms with Crippen LogP contribution >= 0.6 is 0 Å². The van der Waals surface area contributed by atoms with Gasteiger partial charge in [0.25, 0.3) is 5.91 Å². The van der Waals surface area contributed by atoms with Crippen molar-refractivity contribution in [3.63, 3.8) is 0 Å². The molecule has 2 rings (SSSR count). The lowest BCUT2D eigenvalue weighted by molar-refractivity contribution is 0.0653. The molecule has 0 atom stereocenters. The summed E-state index contributed by atoms with van der Waals surface area (Å²) in [6.45, 7) is 4.16. The molecule has 1 saturated carbocycles. The summed E-state index contributed by atoms with van der Waals surface area (Å²) in [7, 11) is 1.91. The summed E-state index contributed by atoms with van der Waals surface area (Å²) in [5, 5.41) is 3.34. The lowest BCUT2D eigenvalue weighted by Gasteiger charge is -2.35. The van der Waals surface area contributed by atoms with Gasteiger partial charge >= 0.3 is 0 Å². The predicted octanol–water partition coefficient (Wildman–Crippen LogP) is 3.13. The van der Waals surface area contributed by atoms with Crippen molar-refractivity contribution in [2.75, 3.05) is 12.4 Å². The highest BCUT2D eigenvalue weighted by atomic mass is 16.2. The molecule has 0 aliphatic heterocycles. The molecule has 1 amide bonds. The Hall–Kier alpha value is -1.51. The summed E-state index contributed by atoms with van der Waals surface area (Å²) in [5.74, 6) is 0.128. The van der Waals surface area contributed by atoms with Crippen molar-refractivity contribution in [3.05, 3.63) is 29.8 Å². The van der Waals surface area contributed by atoms with Gasteiger partial charge in [0.1, 0.15) is 0 Å². The number of nitrogens with zero attached hydrogens (tertiary/aromatic N) is 1. The molecule has 0 radical (unpaired) electrons. The second-order valence-corrected chi connectivity index (χ2v) is 5.35. The summed E-state index contributed by atoms with van der Waals surface area (Å²) in [5.41, 5.74) is 1.71. The van der Waals surface area contributed by atoms with Gasteiger partial charge in [0.2, 0.25) is 0 Å². The smallest absolute Gasteiger partial charge is 0.255 e. The maximum absolute atomic E-state index is 12.5. The summed E-state index contributed by atoms with van der Waals surface area (Å²) >= 11 is 0. The average Bonchev–Trinajstić information content (AvgIpc) is 2.25. The third kappa shape index (κ3) is 2.66. The number of amides is 1. The fraction of sp³-hybridized carbons (Fsp3) is 0.533. The first kappa shape index (κ1) is 12.9. The molecule has 0 bridgehead atoms. The Morgan fingerprint density at radius 2 is 2.00 bits per heavy atom. The normalized spacial score (nSPS) is 15.3. The highest BCUT2D eigenvalue weighted by Crippen LogP contribution is 2.26. The number of para-hydroxylation sites is 1. The minimum atomic E-state index is 0.128. The van der Waals surface area contributed by atoms with Gasteiger partial charge in [-0.25, -0.2) is 0 Å². The number of hydrogen-bond acceptors (Lipinski definition) is 2. The van der Waals surface area contributed by atoms with Crippen LogP contribution in [0.15, 0.2) is 24.3 Å². The lowest BCUT2D eigenvalue weighted by Crippen LogP contribution is -2.41. The molecule has 1 aromatic rings. The van der Waals surface area contributed by atoms with E-state index in [2.05, 4.69) is 19.2 Å². The minimum Gasteiger partial charge on any atom is -0.382 e. The number of carbonyl (C=O) groups excluding carboxylic acids is 1. The monoisotopic (exact) mass is 246 g/mol. The molecule has 1 fully saturated rings. The molecule has 0 aromatic heterocycles. The van der Waals surface area contributed by atoms with Crippen molar-refractivity contribution in [2.24, 2.45) is 0 Å². The molecule has 0 unspecified atom stereocenters. The van der Waals surface area contributed by atoms with Gasteiger partial charge in [0, 0.05) is 24.8 Å². The van der Waals surface area contributed by atoms with E-state index in [1.54, 1.807) is 0 Å². The van der Waals surface area contributed by atoms with Crippen molar-refractivity contribution in [1.29, 1.82) is 0 Å². The summed E-state index contributed by atoms with van der Waals surface area (Å²) in [6.07, 6.45) is 3.53. The van der Waals surface area contributed by atoms with Gasteiger partial charge in [-0.1, -0.05) is 12.1 Å². The second-order valence-electron chi connectivity index (χ2n) is 5.35. The topological polar surface area (TPSA) is 32.3 Å². The van der Waals surface area contributed by atoms with E-state index >= 15 is 0 Å². The van der Waals surface area contributed by atoms with E-state index < -0.39 is 0 Å². The van der Waals surface area contributed by atoms with Crippen LogP contribution in [0, 0.1) is 0 Å². The zero-order valence-corrected chi connectivity index (χ0v) is 11.4. The Bertz CT molecular complexity index is 424. The van der Waals surface area contributed by atoms with Crippen molar-refractivity contribution in [3.8, 4) is 0 Å². The molecule has 98 valence electrons. The minimum absolute atomic E-state index is 0.128. The molecule has 0 saturated heterocycles. The fourth-order valence-corrected chi connectivity index (χ4v) is 2.24. The van der Waals surface area contributed by atoms with Crippen molar-refractivity contribution in [1.82, 2.24) is 4.90 Å². The van der Waals surface area contributed by atoms with Crippen LogP contribution in [0.25, 0.3) is 0 Å². The van der Waals surface area contributed by atoms with Gasteiger partial charge in [0.15, 0.2) is 0 Å². The van der Waals surface area contributed by atoms with E-state index in [-0.39, 0.29) is 5.91 Å². The van der Waals surface area contributed by atoms with Crippen LogP contribution in [0.2, 0.25) is 0 Å². The highest BCUT2D eigenvalue weighted by molar-refractivity contribution is 5.99. The molecule has 0 heterocycles. The third-order valence-corrected chi connectivity index (χ3v) is 3.54. The van der Waals surface area contributed by atoms with Crippen LogP contribution in [0.5, 0.6) is 0 Å². The number of benzene rings is 1. The maximum atomic E-state index is 12.5. The van der Waals surface area contributed by atoms with E-state index in [0.29, 0.717) is 12.1 Å². The zero-order chi connectivity index (χ0) is 13.1. The van der Waals surface area contributed by atoms with Crippen molar-refractivity contribution >= 4 is 11.6 Å². The molecule has 1 N–H and O–H groups in total. The lowest BCUT2D eigenvalue weighted by atomic mass is 9.91. The van der Waals surface area contributed by atoms with Crippen molar-refractivity contribution < 1.29 is 4.79 Å². The SMILES string of the molecule is CC(C)Nc1ccccc1C(=O)N(C)C1CCC1. The van der Waals surface area contributed by atoms with Gasteiger partial charge in [-0.2, -0.15) is 0 Å². The van der Waals surface area contributed by atoms with Gasteiger partial charge in [-0.15, -0.1) is 0 Å². The summed E-state index contributed by atoms with van der Waals surface area (Å²) < 4.78 is 0. The van der Waals surface area contributed by atoms with E-state index in [0.717, 1.165) is 24.1 Å². The molecule has 3 nitrogen and oxygen atoms in total. The molecule has 0 spiro atoms. The Kier molecular flexibility index (Phi) is 3.90. The van der Waals surface area contributed by atoms with Gasteiger partial charge < -0.3 is 10.2 Å². The summed E-state index contributed by atoms with van der Waals surface area (Å²) in [6, 6.07) is 8.53. The Balaban J connectivity index is 2.18. The first-order valence-corrected chi connectivity index (χ1v) is 6.72. The number of nitrogens with one attached hydrogen (secondary N) is 1. The van der Waals surface area contributed by atoms with Gasteiger partial charge in [-0.3, -0.25) is 4.79 Å². The van der Waals surface area contributed by atoms with Crippen molar-refractivity contribution in [2.45, 2.75) is 45.2 Å². The van der Waals surface area contributed by atoms with E-state index in [1.165, 1.54) is 6.42 Å². The molecule has 1 aliphatic carbocycles. The fourth-order valence-electron chi connectivity index (χ4n) is 2.24. The van der Waals surface area contributed by atoms with Gasteiger partial charge in [0.05, 0.1) is 5.56 Å². The number of rotatable bonds is 4. The standard InChI is InChI=1S/C15H22N2O/c1-11(2)16-14-10-5-4-9-13(14)15(18)17(3)12-7-6-8-12/h4-5,9-12,16H,6-8H2,1-3H3. The van der Waals surface area contributed by atoms with E-state index in [1.807, 2.05) is 36.2 Å². The third-order valence-electron chi connectivity index (χ3n) is 3.54. The van der Waals surface area contributed by atoms with Crippen LogP contribution in [-0.2, 0) is 0 Å². The van der Waals surface area contributed by atoms with Crippen LogP contribution in [-0.4, -0.2) is 29.9 Å². The highest BCUT2D eigenvalue weighted by Gasteiger charge is 2.27. The average molecular weight is 246 g/mol. The van der Waals surface area contributed by atoms with E-state index in [4.69, 9.17) is 0 Å². The number of anilines is 1. The largest absolute Gasteiger partial charge is 0.382 e. The Labute approximate surface area is 109 Å². The number of hydrogen-bond donors (Lipinski definition) is 1. The second kappa shape index (κ2) is 5.42. The van der Waals surface area contributed by atoms with Crippen LogP contribution in [0.4, 0.5) is 5.69 Å². The zero-order valence-electron chi connectivity index (χ0n) is 11.4. The van der Waals surface area contributed by atoms with Gasteiger partial charge in [-0.05, 0) is 45.2 Å². The first-order chi connectivity index (χ1) is 8.59. The number of carbonyl (C=O) groups is 1. The summed E-state index contributed by atoms with van der Waals surface area (Å²) in [4.78, 5) is 14.4. The van der Waals surface area contributed by atoms with Crippen LogP contribution in [0.3, 0.4) is 0 Å². The van der Waals surface area contributed by atoms with Crippen LogP contribution in [0.1, 0.15) is 43.5 Å². The molecule has 3 heteroatoms. The Morgan fingerprint density at radius 1 is 1.33 bits per heavy atom. The van der Waals surface area contributed by atoms with Crippen LogP contribution < -0.4 is 5.32 Å². The Morgan fingerprint density at radius 3 is 2.56 bits per heavy atom. The molecule has 1 aromatic carbocycles. The first-order valence-electron chi connectivity index (χ1n) is 6.72. The molecular formula is C15H22N2O.